The monoisotopic (exact) mass is 484 g/mol. The number of anilines is 1. The maximum Gasteiger partial charge on any atom is 0.417 e. The van der Waals surface area contributed by atoms with Crippen LogP contribution in [0.5, 0.6) is 0 Å². The first-order valence-corrected chi connectivity index (χ1v) is 10.1. The molecule has 1 amide bonds. The number of esters is 1. The molecule has 0 radical (unpaired) electrons. The van der Waals surface area contributed by atoms with Crippen LogP contribution in [-0.2, 0) is 14.3 Å². The molecule has 1 aliphatic rings. The summed E-state index contributed by atoms with van der Waals surface area (Å²) in [6.45, 7) is 5.45. The van der Waals surface area contributed by atoms with E-state index in [1.165, 1.54) is 25.3 Å². The van der Waals surface area contributed by atoms with Crippen LogP contribution in [0.25, 0.3) is 6.08 Å². The zero-order valence-corrected chi connectivity index (χ0v) is 18.4. The molecule has 1 aromatic heterocycles. The molecule has 4 atom stereocenters. The van der Waals surface area contributed by atoms with Gasteiger partial charge in [-0.2, -0.15) is 13.2 Å². The van der Waals surface area contributed by atoms with Crippen LogP contribution in [0.4, 0.5) is 27.6 Å². The lowest BCUT2D eigenvalue weighted by Gasteiger charge is -2.32. The highest BCUT2D eigenvalue weighted by Gasteiger charge is 2.65. The topological polar surface area (TPSA) is 77.5 Å². The summed E-state index contributed by atoms with van der Waals surface area (Å²) in [6.07, 6.45) is -4.44. The third-order valence-corrected chi connectivity index (χ3v) is 6.08. The van der Waals surface area contributed by atoms with Crippen LogP contribution in [0, 0.1) is 17.6 Å². The number of halogens is 5. The van der Waals surface area contributed by atoms with Crippen molar-refractivity contribution in [3.63, 3.8) is 0 Å². The van der Waals surface area contributed by atoms with Crippen LogP contribution in [-0.4, -0.2) is 41.9 Å². The zero-order valence-electron chi connectivity index (χ0n) is 18.4. The van der Waals surface area contributed by atoms with Crippen LogP contribution in [0.15, 0.2) is 37.0 Å². The molecule has 0 unspecified atom stereocenters. The zero-order chi connectivity index (χ0) is 25.4. The second-order valence-electron chi connectivity index (χ2n) is 7.94. The number of carbonyl (C=O) groups is 2. The molecule has 182 valence electrons. The first-order valence-electron chi connectivity index (χ1n) is 10.1. The first kappa shape index (κ1) is 25.3. The Kier molecular flexibility index (Phi) is 6.79. The molecular formula is C23H21F5N2O4. The quantitative estimate of drug-likeness (QED) is 0.484. The van der Waals surface area contributed by atoms with Crippen LogP contribution < -0.4 is 5.32 Å². The number of aromatic nitrogens is 1. The van der Waals surface area contributed by atoms with Gasteiger partial charge in [0, 0.05) is 29.3 Å². The maximum atomic E-state index is 14.4. The fraction of sp³-hybridized carbons (Fsp3) is 0.348. The molecule has 0 bridgehead atoms. The molecule has 3 rings (SSSR count). The molecule has 6 nitrogen and oxygen atoms in total. The maximum absolute atomic E-state index is 14.4. The molecule has 0 spiro atoms. The van der Waals surface area contributed by atoms with Crippen molar-refractivity contribution >= 4 is 23.6 Å². The summed E-state index contributed by atoms with van der Waals surface area (Å²) in [5.41, 5.74) is -3.28. The molecule has 2 aromatic rings. The van der Waals surface area contributed by atoms with Crippen molar-refractivity contribution in [2.75, 3.05) is 12.4 Å². The summed E-state index contributed by atoms with van der Waals surface area (Å²) in [6, 6.07) is 4.37. The van der Waals surface area contributed by atoms with E-state index in [-0.39, 0.29) is 22.5 Å². The van der Waals surface area contributed by atoms with Gasteiger partial charge >= 0.3 is 12.1 Å². The van der Waals surface area contributed by atoms with Gasteiger partial charge in [0.2, 0.25) is 0 Å². The van der Waals surface area contributed by atoms with Crippen molar-refractivity contribution in [1.82, 2.24) is 4.98 Å². The normalized spacial score (nSPS) is 24.5. The van der Waals surface area contributed by atoms with Gasteiger partial charge in [0.15, 0.2) is 17.2 Å². The fourth-order valence-electron chi connectivity index (χ4n) is 4.04. The summed E-state index contributed by atoms with van der Waals surface area (Å²) in [7, 11) is 1.13. The first-order chi connectivity index (χ1) is 15.9. The Balaban J connectivity index is 2.07. The van der Waals surface area contributed by atoms with Crippen LogP contribution >= 0.6 is 0 Å². The Morgan fingerprint density at radius 2 is 1.94 bits per heavy atom. The average Bonchev–Trinajstić information content (AvgIpc) is 3.07. The number of alkyl halides is 3. The summed E-state index contributed by atoms with van der Waals surface area (Å²) < 4.78 is 80.0. The van der Waals surface area contributed by atoms with Crippen LogP contribution in [0.1, 0.15) is 41.4 Å². The van der Waals surface area contributed by atoms with Crippen molar-refractivity contribution < 1.29 is 41.0 Å². The van der Waals surface area contributed by atoms with Gasteiger partial charge in [0.05, 0.1) is 7.11 Å². The number of hydrogen-bond acceptors (Lipinski definition) is 5. The number of ether oxygens (including phenoxy) is 2. The predicted molar refractivity (Wildman–Crippen MR) is 112 cm³/mol. The van der Waals surface area contributed by atoms with E-state index < -0.39 is 53.2 Å². The lowest BCUT2D eigenvalue weighted by Crippen LogP contribution is -2.47. The minimum absolute atomic E-state index is 0.0465. The van der Waals surface area contributed by atoms with Gasteiger partial charge in [-0.15, -0.1) is 0 Å². The van der Waals surface area contributed by atoms with Crippen LogP contribution in [0.3, 0.4) is 0 Å². The second-order valence-corrected chi connectivity index (χ2v) is 7.94. The Morgan fingerprint density at radius 3 is 2.53 bits per heavy atom. The van der Waals surface area contributed by atoms with E-state index in [1.54, 1.807) is 0 Å². The van der Waals surface area contributed by atoms with E-state index in [0.29, 0.717) is 0 Å². The molecule has 0 saturated carbocycles. The largest absolute Gasteiger partial charge is 0.464 e. The number of amides is 1. The molecule has 1 fully saturated rings. The number of pyridine rings is 1. The number of benzene rings is 1. The Hall–Kier alpha value is -3.34. The van der Waals surface area contributed by atoms with E-state index >= 15 is 0 Å². The second kappa shape index (κ2) is 9.13. The van der Waals surface area contributed by atoms with Crippen molar-refractivity contribution in [1.29, 1.82) is 0 Å². The number of carbonyl (C=O) groups excluding carboxylic acids is 2. The highest BCUT2D eigenvalue weighted by molar-refractivity contribution is 5.96. The van der Waals surface area contributed by atoms with Gasteiger partial charge in [0.1, 0.15) is 11.8 Å². The molecule has 0 aliphatic carbocycles. The minimum Gasteiger partial charge on any atom is -0.464 e. The van der Waals surface area contributed by atoms with E-state index in [4.69, 9.17) is 4.74 Å². The van der Waals surface area contributed by atoms with E-state index in [9.17, 15) is 31.5 Å². The third-order valence-electron chi connectivity index (χ3n) is 6.08. The molecule has 1 saturated heterocycles. The molecule has 1 N–H and O–H groups in total. The van der Waals surface area contributed by atoms with E-state index in [1.807, 2.05) is 0 Å². The minimum atomic E-state index is -4.87. The summed E-state index contributed by atoms with van der Waals surface area (Å²) in [5.74, 6) is -6.95. The van der Waals surface area contributed by atoms with Crippen molar-refractivity contribution in [2.45, 2.75) is 37.6 Å². The summed E-state index contributed by atoms with van der Waals surface area (Å²) >= 11 is 0. The Labute approximate surface area is 191 Å². The number of rotatable bonds is 5. The van der Waals surface area contributed by atoms with Gasteiger partial charge in [-0.1, -0.05) is 25.6 Å². The predicted octanol–water partition coefficient (Wildman–Crippen LogP) is 4.87. The van der Waals surface area contributed by atoms with E-state index in [2.05, 4.69) is 21.6 Å². The fourth-order valence-corrected chi connectivity index (χ4v) is 4.04. The van der Waals surface area contributed by atoms with Crippen molar-refractivity contribution in [2.24, 2.45) is 5.92 Å². The average molecular weight is 484 g/mol. The highest BCUT2D eigenvalue weighted by Crippen LogP contribution is 2.54. The Morgan fingerprint density at radius 1 is 1.26 bits per heavy atom. The molecule has 1 aromatic carbocycles. The standard InChI is InChI=1S/C23H21F5N2O4/c1-5-13-14(6-7-15(24)18(13)25)17-11(2)22(3,23(26,27)28)34-19(17)20(31)30-12-8-9-29-16(10-12)21(32)33-4/h5-11,17,19H,1H2,2-4H3,(H,29,30,31)/t11-,17-,19+,22+/m0/s1. The smallest absolute Gasteiger partial charge is 0.417 e. The van der Waals surface area contributed by atoms with Crippen LogP contribution in [0.2, 0.25) is 0 Å². The molecular weight excluding hydrogens is 463 g/mol. The van der Waals surface area contributed by atoms with Crippen molar-refractivity contribution in [3.05, 3.63) is 65.5 Å². The Bertz CT molecular complexity index is 1140. The lowest BCUT2D eigenvalue weighted by molar-refractivity contribution is -0.272. The van der Waals surface area contributed by atoms with Gasteiger partial charge < -0.3 is 14.8 Å². The molecule has 34 heavy (non-hydrogen) atoms. The number of nitrogens with zero attached hydrogens (tertiary/aromatic N) is 1. The number of methoxy groups -OCH3 is 1. The van der Waals surface area contributed by atoms with Gasteiger partial charge in [-0.05, 0) is 30.7 Å². The van der Waals surface area contributed by atoms with E-state index in [0.717, 1.165) is 32.2 Å². The highest BCUT2D eigenvalue weighted by atomic mass is 19.4. The summed E-state index contributed by atoms with van der Waals surface area (Å²) in [5, 5.41) is 2.40. The van der Waals surface area contributed by atoms with Gasteiger partial charge in [-0.3, -0.25) is 4.79 Å². The third kappa shape index (κ3) is 4.27. The molecule has 1 aliphatic heterocycles. The molecule has 11 heteroatoms. The summed E-state index contributed by atoms with van der Waals surface area (Å²) in [4.78, 5) is 28.6. The molecule has 2 heterocycles. The SMILES string of the molecule is C=Cc1c([C@H]2[C@H](C(=O)Nc3ccnc(C(=O)OC)c3)O[C@@](C)(C(F)(F)F)[C@H]2C)ccc(F)c1F. The lowest BCUT2D eigenvalue weighted by atomic mass is 9.75. The van der Waals surface area contributed by atoms with Gasteiger partial charge in [0.25, 0.3) is 5.91 Å². The number of nitrogens with one attached hydrogen (secondary N) is 1. The van der Waals surface area contributed by atoms with Crippen molar-refractivity contribution in [3.8, 4) is 0 Å². The number of hydrogen-bond donors (Lipinski definition) is 1. The van der Waals surface area contributed by atoms with Gasteiger partial charge in [-0.25, -0.2) is 18.6 Å².